The first-order valence-electron chi connectivity index (χ1n) is 6.37. The van der Waals surface area contributed by atoms with Crippen LogP contribution in [0.4, 0.5) is 5.82 Å². The summed E-state index contributed by atoms with van der Waals surface area (Å²) in [6, 6.07) is 8.61. The highest BCUT2D eigenvalue weighted by Gasteiger charge is 2.28. The third kappa shape index (κ3) is 3.62. The zero-order chi connectivity index (χ0) is 15.1. The van der Waals surface area contributed by atoms with Crippen molar-refractivity contribution >= 4 is 18.2 Å². The highest BCUT2D eigenvalue weighted by molar-refractivity contribution is 5.88. The molecule has 6 nitrogen and oxygen atoms in total. The first-order valence-corrected chi connectivity index (χ1v) is 6.37. The van der Waals surface area contributed by atoms with Gasteiger partial charge in [-0.15, -0.1) is 0 Å². The van der Waals surface area contributed by atoms with Crippen LogP contribution in [0.25, 0.3) is 0 Å². The Morgan fingerprint density at radius 2 is 2.10 bits per heavy atom. The van der Waals surface area contributed by atoms with Gasteiger partial charge in [0.1, 0.15) is 6.04 Å². The summed E-state index contributed by atoms with van der Waals surface area (Å²) >= 11 is 0. The summed E-state index contributed by atoms with van der Waals surface area (Å²) in [5.41, 5.74) is 0.920. The molecule has 1 aromatic carbocycles. The lowest BCUT2D eigenvalue weighted by Crippen LogP contribution is -2.43. The van der Waals surface area contributed by atoms with Crippen LogP contribution in [0.1, 0.15) is 5.56 Å². The van der Waals surface area contributed by atoms with Crippen molar-refractivity contribution in [2.24, 2.45) is 0 Å². The quantitative estimate of drug-likeness (QED) is 0.589. The molecule has 1 unspecified atom stereocenters. The molecule has 2 aromatic rings. The van der Waals surface area contributed by atoms with Gasteiger partial charge < -0.3 is 4.74 Å². The normalized spacial score (nSPS) is 11.5. The number of hydrogen-bond donors (Lipinski definition) is 0. The van der Waals surface area contributed by atoms with Gasteiger partial charge in [0.15, 0.2) is 5.82 Å². The molecule has 0 aliphatic rings. The van der Waals surface area contributed by atoms with Gasteiger partial charge in [-0.3, -0.25) is 14.7 Å². The van der Waals surface area contributed by atoms with Crippen molar-refractivity contribution in [3.05, 3.63) is 54.5 Å². The Morgan fingerprint density at radius 3 is 2.67 bits per heavy atom. The minimum atomic E-state index is -0.786. The second-order valence-corrected chi connectivity index (χ2v) is 4.30. The first kappa shape index (κ1) is 14.6. The molecule has 0 aliphatic heterocycles. The molecule has 1 heterocycles. The van der Waals surface area contributed by atoms with Crippen LogP contribution >= 0.6 is 0 Å². The van der Waals surface area contributed by atoms with Gasteiger partial charge >= 0.3 is 5.97 Å². The van der Waals surface area contributed by atoms with Crippen LogP contribution in [-0.2, 0) is 20.7 Å². The van der Waals surface area contributed by atoms with E-state index < -0.39 is 12.0 Å². The summed E-state index contributed by atoms with van der Waals surface area (Å²) in [6.45, 7) is 0. The lowest BCUT2D eigenvalue weighted by atomic mass is 10.1. The van der Waals surface area contributed by atoms with Crippen LogP contribution < -0.4 is 4.90 Å². The third-order valence-electron chi connectivity index (χ3n) is 3.01. The summed E-state index contributed by atoms with van der Waals surface area (Å²) in [7, 11) is 1.29. The van der Waals surface area contributed by atoms with Gasteiger partial charge in [-0.25, -0.2) is 9.78 Å². The topological polar surface area (TPSA) is 72.4 Å². The van der Waals surface area contributed by atoms with Crippen LogP contribution in [0.2, 0.25) is 0 Å². The monoisotopic (exact) mass is 285 g/mol. The largest absolute Gasteiger partial charge is 0.467 e. The molecule has 2 rings (SSSR count). The molecule has 1 aromatic heterocycles. The minimum Gasteiger partial charge on any atom is -0.467 e. The number of rotatable bonds is 6. The van der Waals surface area contributed by atoms with E-state index in [0.717, 1.165) is 5.56 Å². The predicted octanol–water partition coefficient (Wildman–Crippen LogP) is 1.22. The lowest BCUT2D eigenvalue weighted by molar-refractivity contribution is -0.142. The van der Waals surface area contributed by atoms with Gasteiger partial charge in [-0.1, -0.05) is 30.3 Å². The molecule has 0 N–H and O–H groups in total. The number of esters is 1. The standard InChI is InChI=1S/C15H15N3O3/c1-21-15(20)13(9-12-5-3-2-4-6-12)18(11-19)14-10-16-7-8-17-14/h2-8,10-11,13H,9H2,1H3. The van der Waals surface area contributed by atoms with E-state index in [2.05, 4.69) is 9.97 Å². The first-order chi connectivity index (χ1) is 10.3. The molecule has 21 heavy (non-hydrogen) atoms. The fourth-order valence-electron chi connectivity index (χ4n) is 1.98. The lowest BCUT2D eigenvalue weighted by Gasteiger charge is -2.25. The van der Waals surface area contributed by atoms with E-state index in [-0.39, 0.29) is 0 Å². The average Bonchev–Trinajstić information content (AvgIpc) is 2.56. The molecule has 0 aliphatic carbocycles. The number of carbonyl (C=O) groups excluding carboxylic acids is 2. The average molecular weight is 285 g/mol. The van der Waals surface area contributed by atoms with Crippen molar-refractivity contribution in [2.45, 2.75) is 12.5 Å². The van der Waals surface area contributed by atoms with Crippen LogP contribution in [0, 0.1) is 0 Å². The zero-order valence-electron chi connectivity index (χ0n) is 11.5. The fourth-order valence-corrected chi connectivity index (χ4v) is 1.98. The fraction of sp³-hybridized carbons (Fsp3) is 0.200. The summed E-state index contributed by atoms with van der Waals surface area (Å²) in [6.07, 6.45) is 5.28. The molecule has 6 heteroatoms. The smallest absolute Gasteiger partial charge is 0.329 e. The van der Waals surface area contributed by atoms with Crippen molar-refractivity contribution in [2.75, 3.05) is 12.0 Å². The molecule has 0 spiro atoms. The number of methoxy groups -OCH3 is 1. The number of anilines is 1. The number of ether oxygens (including phenoxy) is 1. The number of nitrogens with zero attached hydrogens (tertiary/aromatic N) is 3. The summed E-state index contributed by atoms with van der Waals surface area (Å²) in [5.74, 6) is -0.199. The van der Waals surface area contributed by atoms with E-state index in [4.69, 9.17) is 4.74 Å². The maximum Gasteiger partial charge on any atom is 0.329 e. The number of carbonyl (C=O) groups is 2. The van der Waals surface area contributed by atoms with Crippen molar-refractivity contribution in [1.29, 1.82) is 0 Å². The van der Waals surface area contributed by atoms with Crippen molar-refractivity contribution in [3.63, 3.8) is 0 Å². The third-order valence-corrected chi connectivity index (χ3v) is 3.01. The second-order valence-electron chi connectivity index (χ2n) is 4.30. The minimum absolute atomic E-state index is 0.304. The van der Waals surface area contributed by atoms with Crippen LogP contribution in [0.3, 0.4) is 0 Å². The molecule has 0 saturated carbocycles. The van der Waals surface area contributed by atoms with Gasteiger partial charge in [0.05, 0.1) is 13.3 Å². The highest BCUT2D eigenvalue weighted by Crippen LogP contribution is 2.15. The van der Waals surface area contributed by atoms with Gasteiger partial charge in [0.25, 0.3) is 0 Å². The molecular weight excluding hydrogens is 270 g/mol. The Hall–Kier alpha value is -2.76. The number of aromatic nitrogens is 2. The second kappa shape index (κ2) is 7.14. The van der Waals surface area contributed by atoms with E-state index in [0.29, 0.717) is 18.6 Å². The van der Waals surface area contributed by atoms with Crippen LogP contribution in [0.15, 0.2) is 48.9 Å². The van der Waals surface area contributed by atoms with Crippen LogP contribution in [0.5, 0.6) is 0 Å². The molecule has 0 saturated heterocycles. The highest BCUT2D eigenvalue weighted by atomic mass is 16.5. The Kier molecular flexibility index (Phi) is 4.98. The molecular formula is C15H15N3O3. The number of hydrogen-bond acceptors (Lipinski definition) is 5. The van der Waals surface area contributed by atoms with Crippen molar-refractivity contribution < 1.29 is 14.3 Å². The maximum atomic E-state index is 12.0. The molecule has 108 valence electrons. The molecule has 0 bridgehead atoms. The molecule has 0 fully saturated rings. The Labute approximate surface area is 122 Å². The van der Waals surface area contributed by atoms with E-state index >= 15 is 0 Å². The molecule has 1 atom stereocenters. The Balaban J connectivity index is 2.30. The van der Waals surface area contributed by atoms with E-state index in [1.807, 2.05) is 30.3 Å². The number of benzene rings is 1. The van der Waals surface area contributed by atoms with Gasteiger partial charge in [0.2, 0.25) is 6.41 Å². The summed E-state index contributed by atoms with van der Waals surface area (Å²) < 4.78 is 4.80. The van der Waals surface area contributed by atoms with E-state index in [9.17, 15) is 9.59 Å². The van der Waals surface area contributed by atoms with E-state index in [1.54, 1.807) is 0 Å². The summed E-state index contributed by atoms with van der Waals surface area (Å²) in [4.78, 5) is 32.6. The molecule has 1 amide bonds. The predicted molar refractivity (Wildman–Crippen MR) is 76.5 cm³/mol. The number of amides is 1. The van der Waals surface area contributed by atoms with Gasteiger partial charge in [-0.2, -0.15) is 0 Å². The molecule has 0 radical (unpaired) electrons. The van der Waals surface area contributed by atoms with E-state index in [1.165, 1.54) is 30.6 Å². The van der Waals surface area contributed by atoms with Crippen LogP contribution in [-0.4, -0.2) is 35.5 Å². The summed E-state index contributed by atoms with van der Waals surface area (Å²) in [5, 5.41) is 0. The SMILES string of the molecule is COC(=O)C(Cc1ccccc1)N(C=O)c1cnccn1. The Bertz CT molecular complexity index is 590. The van der Waals surface area contributed by atoms with Crippen molar-refractivity contribution in [1.82, 2.24) is 9.97 Å². The Morgan fingerprint density at radius 1 is 1.33 bits per heavy atom. The van der Waals surface area contributed by atoms with Gasteiger partial charge in [-0.05, 0) is 5.56 Å². The van der Waals surface area contributed by atoms with Gasteiger partial charge in [0, 0.05) is 18.8 Å². The maximum absolute atomic E-state index is 12.0. The zero-order valence-corrected chi connectivity index (χ0v) is 11.5. The van der Waals surface area contributed by atoms with Crippen molar-refractivity contribution in [3.8, 4) is 0 Å².